The molecule has 6 saturated heterocycles. The third-order valence-electron chi connectivity index (χ3n) is 13.8. The molecule has 6 aliphatic rings. The van der Waals surface area contributed by atoms with Gasteiger partial charge in [-0.15, -0.1) is 0 Å². The maximum Gasteiger partial charge on any atom is 0.397 e. The molecule has 0 saturated carbocycles. The third-order valence-corrected chi connectivity index (χ3v) is 14.3. The third kappa shape index (κ3) is 15.4. The Balaban J connectivity index is 1.34. The Kier molecular flexibility index (Phi) is 23.5. The van der Waals surface area contributed by atoms with Crippen molar-refractivity contribution in [1.29, 1.82) is 0 Å². The van der Waals surface area contributed by atoms with Gasteiger partial charge in [-0.05, 0) is 0 Å². The monoisotopic (exact) mass is 1190 g/mol. The Hall–Kier alpha value is -2.80. The second-order valence-corrected chi connectivity index (χ2v) is 20.6. The Morgan fingerprint density at radius 1 is 0.388 bits per heavy atom. The van der Waals surface area contributed by atoms with E-state index in [1.54, 1.807) is 0 Å². The molecule has 37 nitrogen and oxygen atoms in total. The maximum absolute atomic E-state index is 12.7. The molecule has 6 heterocycles. The summed E-state index contributed by atoms with van der Waals surface area (Å²) in [5, 5.41) is 182. The van der Waals surface area contributed by atoms with Crippen LogP contribution < -0.4 is 16.0 Å². The minimum absolute atomic E-state index is 0.744. The minimum atomic E-state index is -5.17. The summed E-state index contributed by atoms with van der Waals surface area (Å²) < 4.78 is 99.4. The second-order valence-electron chi connectivity index (χ2n) is 19.5. The Morgan fingerprint density at radius 3 is 1.32 bits per heavy atom. The van der Waals surface area contributed by atoms with Gasteiger partial charge in [-0.2, -0.15) is 8.42 Å². The largest absolute Gasteiger partial charge is 0.397 e. The lowest BCUT2D eigenvalue weighted by atomic mass is 9.94. The zero-order valence-electron chi connectivity index (χ0n) is 42.5. The first-order valence-electron chi connectivity index (χ1n) is 24.8. The molecule has 0 spiro atoms. The predicted octanol–water partition coefficient (Wildman–Crippen LogP) is -13.8. The van der Waals surface area contributed by atoms with E-state index in [0.29, 0.717) is 0 Å². The van der Waals surface area contributed by atoms with Crippen LogP contribution in [0.1, 0.15) is 20.8 Å². The molecule has 6 fully saturated rings. The number of ether oxygens (including phenoxy) is 11. The molecule has 0 unspecified atom stereocenters. The lowest BCUT2D eigenvalue weighted by Crippen LogP contribution is -2.70. The van der Waals surface area contributed by atoms with E-state index < -0.39 is 252 Å². The number of amides is 3. The Labute approximate surface area is 453 Å². The summed E-state index contributed by atoms with van der Waals surface area (Å²) in [6.07, 6.45) is -54.4. The number of hydrogen-bond donors (Lipinski definition) is 20. The van der Waals surface area contributed by atoms with Crippen LogP contribution in [-0.4, -0.2) is 336 Å². The van der Waals surface area contributed by atoms with E-state index in [-0.39, 0.29) is 0 Å². The van der Waals surface area contributed by atoms with Crippen molar-refractivity contribution in [2.24, 2.45) is 0 Å². The molecule has 6 rings (SSSR count). The average molecular weight is 1190 g/mol. The van der Waals surface area contributed by atoms with E-state index in [1.807, 2.05) is 0 Å². The van der Waals surface area contributed by atoms with Crippen LogP contribution in [0.5, 0.6) is 0 Å². The molecule has 0 aromatic heterocycles. The van der Waals surface area contributed by atoms with Gasteiger partial charge in [0.25, 0.3) is 0 Å². The minimum Gasteiger partial charge on any atom is -0.394 e. The highest BCUT2D eigenvalue weighted by Gasteiger charge is 2.58. The molecule has 20 N–H and O–H groups in total. The van der Waals surface area contributed by atoms with E-state index in [0.717, 1.165) is 20.8 Å². The van der Waals surface area contributed by atoms with E-state index in [1.165, 1.54) is 0 Å². The molecule has 80 heavy (non-hydrogen) atoms. The van der Waals surface area contributed by atoms with Gasteiger partial charge in [0.1, 0.15) is 146 Å². The maximum atomic E-state index is 12.7. The van der Waals surface area contributed by atoms with Crippen LogP contribution in [0.25, 0.3) is 0 Å². The summed E-state index contributed by atoms with van der Waals surface area (Å²) in [5.41, 5.74) is 0. The van der Waals surface area contributed by atoms with Crippen LogP contribution >= 0.6 is 0 Å². The number of nitrogens with one attached hydrogen (secondary N) is 3. The van der Waals surface area contributed by atoms with Gasteiger partial charge in [-0.3, -0.25) is 18.9 Å². The Morgan fingerprint density at radius 2 is 0.787 bits per heavy atom. The van der Waals surface area contributed by atoms with Gasteiger partial charge in [-0.1, -0.05) is 0 Å². The highest BCUT2D eigenvalue weighted by atomic mass is 32.3. The van der Waals surface area contributed by atoms with Crippen molar-refractivity contribution in [2.45, 2.75) is 205 Å². The number of aliphatic hydroxyl groups excluding tert-OH is 16. The highest BCUT2D eigenvalue weighted by Crippen LogP contribution is 2.37. The predicted molar refractivity (Wildman–Crippen MR) is 244 cm³/mol. The number of rotatable bonds is 21. The van der Waals surface area contributed by atoms with Crippen LogP contribution in [0, 0.1) is 0 Å². The molecule has 38 heteroatoms. The summed E-state index contributed by atoms with van der Waals surface area (Å²) in [6, 6.07) is -5.10. The second kappa shape index (κ2) is 28.4. The van der Waals surface area contributed by atoms with Crippen LogP contribution in [0.3, 0.4) is 0 Å². The first kappa shape index (κ1) is 66.3. The van der Waals surface area contributed by atoms with Gasteiger partial charge >= 0.3 is 10.4 Å². The Bertz CT molecular complexity index is 2130. The van der Waals surface area contributed by atoms with E-state index >= 15 is 0 Å². The van der Waals surface area contributed by atoms with Crippen LogP contribution in [-0.2, 0) is 81.1 Å². The molecular formula is C42H71N3O34S. The number of aliphatic hydroxyl groups is 16. The fraction of sp³-hybridized carbons (Fsp3) is 0.929. The quantitative estimate of drug-likeness (QED) is 0.0475. The van der Waals surface area contributed by atoms with Crippen molar-refractivity contribution < 1.29 is 165 Å². The van der Waals surface area contributed by atoms with Crippen molar-refractivity contribution in [3.05, 3.63) is 0 Å². The molecule has 464 valence electrons. The average Bonchev–Trinajstić information content (AvgIpc) is 3.41. The fourth-order valence-corrected chi connectivity index (χ4v) is 10.1. The van der Waals surface area contributed by atoms with Crippen molar-refractivity contribution >= 4 is 28.1 Å². The van der Waals surface area contributed by atoms with Crippen molar-refractivity contribution in [1.82, 2.24) is 16.0 Å². The molecule has 0 bridgehead atoms. The first-order chi connectivity index (χ1) is 37.5. The molecule has 0 radical (unpaired) electrons. The van der Waals surface area contributed by atoms with Crippen molar-refractivity contribution in [2.75, 3.05) is 39.6 Å². The smallest absolute Gasteiger partial charge is 0.394 e. The number of hydrogen-bond acceptors (Lipinski definition) is 33. The van der Waals surface area contributed by atoms with Gasteiger partial charge in [-0.25, -0.2) is 4.18 Å². The SMILES string of the molecule is CC(=O)N[C@@H]1[C@@H](O)[C@H](O[C@@H]2O[C@H](CO)[C@@H](O[C@@H]3O[C@H](CO[C@H]4O[C@H](COS(=O)(=O)O)[C@@H](O)[C@H](O)[C@@H]4O)[C@@H](O)[C@H](O[C@H]4O[C@H](CO)[C@@H](O)[C@H](O)[C@@H]4O[C@@H]4O[C@H](CO)[C@@H](O)[C@H](O)[C@H]4NC(C)=O)[C@@H]3O)[C@H](O)[C@H]2NC(C)=O)[C@@H](CO)O[C@H]1O. The van der Waals surface area contributed by atoms with Gasteiger partial charge in [0.05, 0.1) is 39.6 Å². The first-order valence-corrected chi connectivity index (χ1v) is 26.1. The molecule has 3 amide bonds. The lowest BCUT2D eigenvalue weighted by Gasteiger charge is -2.51. The number of carbonyl (C=O) groups excluding carboxylic acids is 3. The van der Waals surface area contributed by atoms with Crippen LogP contribution in [0.4, 0.5) is 0 Å². The summed E-state index contributed by atoms with van der Waals surface area (Å²) in [6.45, 7) is -3.28. The molecule has 0 aromatic carbocycles. The van der Waals surface area contributed by atoms with Crippen LogP contribution in [0.15, 0.2) is 0 Å². The fourth-order valence-electron chi connectivity index (χ4n) is 9.74. The molecular weight excluding hydrogens is 1120 g/mol. The van der Waals surface area contributed by atoms with E-state index in [2.05, 4.69) is 20.1 Å². The topological polar surface area (TPSA) is 576 Å². The highest BCUT2D eigenvalue weighted by molar-refractivity contribution is 7.80. The van der Waals surface area contributed by atoms with Gasteiger partial charge in [0.2, 0.25) is 17.7 Å². The van der Waals surface area contributed by atoms with Gasteiger partial charge < -0.3 is 150 Å². The van der Waals surface area contributed by atoms with Gasteiger partial charge in [0.15, 0.2) is 37.7 Å². The summed E-state index contributed by atoms with van der Waals surface area (Å²) in [5.74, 6) is -2.45. The molecule has 30 atom stereocenters. The zero-order chi connectivity index (χ0) is 59.4. The summed E-state index contributed by atoms with van der Waals surface area (Å²) in [7, 11) is -5.17. The van der Waals surface area contributed by atoms with Crippen molar-refractivity contribution in [3.8, 4) is 0 Å². The zero-order valence-corrected chi connectivity index (χ0v) is 43.3. The standard InChI is InChI=1S/C42H71N3O34S/c1-10(50)43-19-27(58)33(15(6-48)70-37(19)64)76-39-21(45-12(3)52)28(59)34(16(7-49)73-39)77-41-32(63)35(25(56)17(75-41)8-68-40-31(62)29(60)24(55)18(74-40)9-69-80(65,66)67)78-42-36(30(61)23(54)14(5-47)72-42)79-38-20(44-11(2)51)26(57)22(53)13(4-46)71-38/h13-42,46-49,53-64H,4-9H2,1-3H3,(H,43,50)(H,44,51)(H,45,52)(H,65,66,67)/t13-,14-,15-,16-,17-,18-,19-,20-,21-,22-,23-,24-,25-,26-,27-,28-,29+,30+,31+,32+,33-,34-,35+,36+,37-,38+,39+,40+,41+,42-/m1/s1. The molecule has 6 aliphatic heterocycles. The van der Waals surface area contributed by atoms with Gasteiger partial charge in [0, 0.05) is 20.8 Å². The number of carbonyl (C=O) groups is 3. The van der Waals surface area contributed by atoms with Crippen molar-refractivity contribution in [3.63, 3.8) is 0 Å². The van der Waals surface area contributed by atoms with E-state index in [9.17, 15) is 105 Å². The lowest BCUT2D eigenvalue weighted by molar-refractivity contribution is -0.394. The summed E-state index contributed by atoms with van der Waals surface area (Å²) in [4.78, 5) is 36.8. The van der Waals surface area contributed by atoms with E-state index in [4.69, 9.17) is 56.7 Å². The molecule has 0 aromatic rings. The molecule has 0 aliphatic carbocycles. The summed E-state index contributed by atoms with van der Waals surface area (Å²) >= 11 is 0. The van der Waals surface area contributed by atoms with Crippen LogP contribution in [0.2, 0.25) is 0 Å². The normalized spacial score (nSPS) is 46.5.